The Labute approximate surface area is 118 Å². The first-order valence-electron chi connectivity index (χ1n) is 5.96. The first kappa shape index (κ1) is 15.5. The van der Waals surface area contributed by atoms with E-state index in [1.807, 2.05) is 0 Å². The van der Waals surface area contributed by atoms with Gasteiger partial charge in [-0.1, -0.05) is 0 Å². The highest BCUT2D eigenvalue weighted by Crippen LogP contribution is 2.35. The van der Waals surface area contributed by atoms with Gasteiger partial charge in [0.2, 0.25) is 0 Å². The predicted octanol–water partition coefficient (Wildman–Crippen LogP) is 2.71. The highest BCUT2D eigenvalue weighted by Gasteiger charge is 2.47. The van der Waals surface area contributed by atoms with Gasteiger partial charge < -0.3 is 5.32 Å². The van der Waals surface area contributed by atoms with Crippen LogP contribution in [0.4, 0.5) is 24.5 Å². The molecule has 0 unspecified atom stereocenters. The van der Waals surface area contributed by atoms with Gasteiger partial charge in [0.25, 0.3) is 15.5 Å². The minimum absolute atomic E-state index is 0.00743. The number of benzene rings is 1. The van der Waals surface area contributed by atoms with Crippen molar-refractivity contribution in [3.05, 3.63) is 28.3 Å². The minimum atomic E-state index is -5.60. The van der Waals surface area contributed by atoms with E-state index in [-0.39, 0.29) is 5.69 Å². The maximum atomic E-state index is 12.4. The van der Waals surface area contributed by atoms with Crippen LogP contribution < -0.4 is 5.32 Å². The second-order valence-electron chi connectivity index (χ2n) is 4.71. The van der Waals surface area contributed by atoms with Crippen LogP contribution in [-0.2, 0) is 9.84 Å². The number of anilines is 1. The molecule has 0 heterocycles. The third-order valence-corrected chi connectivity index (χ3v) is 4.54. The molecule has 1 aromatic carbocycles. The van der Waals surface area contributed by atoms with Crippen LogP contribution in [-0.4, -0.2) is 25.4 Å². The smallest absolute Gasteiger partial charge is 0.379 e. The van der Waals surface area contributed by atoms with E-state index in [1.165, 1.54) is 0 Å². The lowest BCUT2D eigenvalue weighted by atomic mass is 10.2. The van der Waals surface area contributed by atoms with Crippen LogP contribution in [0.1, 0.15) is 12.8 Å². The molecule has 0 saturated heterocycles. The fraction of sp³-hybridized carbons (Fsp3) is 0.455. The molecule has 1 aliphatic carbocycles. The average Bonchev–Trinajstić information content (AvgIpc) is 3.18. The highest BCUT2D eigenvalue weighted by atomic mass is 32.2. The third kappa shape index (κ3) is 3.26. The van der Waals surface area contributed by atoms with Crippen LogP contribution in [0.25, 0.3) is 0 Å². The second kappa shape index (κ2) is 5.17. The monoisotopic (exact) mass is 324 g/mol. The number of rotatable bonds is 5. The van der Waals surface area contributed by atoms with Crippen molar-refractivity contribution in [2.45, 2.75) is 23.2 Å². The summed E-state index contributed by atoms with van der Waals surface area (Å²) in [6.45, 7) is 0.464. The lowest BCUT2D eigenvalue weighted by Crippen LogP contribution is -2.23. The summed E-state index contributed by atoms with van der Waals surface area (Å²) in [4.78, 5) is 8.85. The first-order valence-corrected chi connectivity index (χ1v) is 7.45. The van der Waals surface area contributed by atoms with E-state index in [9.17, 15) is 31.7 Å². The summed E-state index contributed by atoms with van der Waals surface area (Å²) in [6, 6.07) is 2.13. The molecule has 0 aliphatic heterocycles. The summed E-state index contributed by atoms with van der Waals surface area (Å²) >= 11 is 0. The van der Waals surface area contributed by atoms with Gasteiger partial charge in [0, 0.05) is 12.6 Å². The maximum absolute atomic E-state index is 12.4. The molecular weight excluding hydrogens is 313 g/mol. The molecule has 1 aliphatic rings. The Morgan fingerprint density at radius 1 is 1.33 bits per heavy atom. The quantitative estimate of drug-likeness (QED) is 0.664. The number of nitro groups is 1. The van der Waals surface area contributed by atoms with Gasteiger partial charge in [0.05, 0.1) is 9.82 Å². The fourth-order valence-electron chi connectivity index (χ4n) is 1.69. The largest absolute Gasteiger partial charge is 0.501 e. The van der Waals surface area contributed by atoms with Crippen molar-refractivity contribution in [1.29, 1.82) is 0 Å². The topological polar surface area (TPSA) is 89.3 Å². The van der Waals surface area contributed by atoms with Gasteiger partial charge in [-0.05, 0) is 30.9 Å². The number of nitro benzene ring substituents is 1. The summed E-state index contributed by atoms with van der Waals surface area (Å²) in [5.41, 5.74) is -6.18. The molecular formula is C11H11F3N2O4S. The first-order chi connectivity index (χ1) is 9.63. The Balaban J connectivity index is 2.38. The molecule has 0 radical (unpaired) electrons. The van der Waals surface area contributed by atoms with Crippen molar-refractivity contribution in [2.75, 3.05) is 11.9 Å². The standard InChI is InChI=1S/C11H11F3N2O4S/c12-11(13,14)21(19,20)8-3-4-9(10(5-8)16(17)18)15-6-7-1-2-7/h3-5,7,15H,1-2,6H2. The minimum Gasteiger partial charge on any atom is -0.379 e. The molecule has 0 bridgehead atoms. The van der Waals surface area contributed by atoms with Crippen LogP contribution in [0.15, 0.2) is 23.1 Å². The van der Waals surface area contributed by atoms with E-state index in [0.29, 0.717) is 24.6 Å². The number of halogens is 3. The number of nitrogens with zero attached hydrogens (tertiary/aromatic N) is 1. The van der Waals surface area contributed by atoms with E-state index in [0.717, 1.165) is 18.9 Å². The SMILES string of the molecule is O=[N+]([O-])c1cc(S(=O)(=O)C(F)(F)F)ccc1NCC1CC1. The van der Waals surface area contributed by atoms with Crippen molar-refractivity contribution < 1.29 is 26.5 Å². The van der Waals surface area contributed by atoms with Crippen LogP contribution >= 0.6 is 0 Å². The lowest BCUT2D eigenvalue weighted by Gasteiger charge is -2.10. The number of nitrogens with one attached hydrogen (secondary N) is 1. The van der Waals surface area contributed by atoms with E-state index in [4.69, 9.17) is 0 Å². The maximum Gasteiger partial charge on any atom is 0.501 e. The molecule has 1 aromatic rings. The molecule has 6 nitrogen and oxygen atoms in total. The van der Waals surface area contributed by atoms with Gasteiger partial charge in [0.1, 0.15) is 5.69 Å². The summed E-state index contributed by atoms with van der Waals surface area (Å²) in [5.74, 6) is 0.392. The van der Waals surface area contributed by atoms with E-state index >= 15 is 0 Å². The van der Waals surface area contributed by atoms with Crippen LogP contribution in [0.5, 0.6) is 0 Å². The molecule has 0 amide bonds. The highest BCUT2D eigenvalue weighted by molar-refractivity contribution is 7.92. The number of hydrogen-bond acceptors (Lipinski definition) is 5. The molecule has 0 aromatic heterocycles. The van der Waals surface area contributed by atoms with E-state index < -0.39 is 30.9 Å². The Hall–Kier alpha value is -1.84. The number of alkyl halides is 3. The number of hydrogen-bond donors (Lipinski definition) is 1. The fourth-order valence-corrected chi connectivity index (χ4v) is 2.47. The second-order valence-corrected chi connectivity index (χ2v) is 6.65. The van der Waals surface area contributed by atoms with Gasteiger partial charge in [-0.15, -0.1) is 0 Å². The van der Waals surface area contributed by atoms with Gasteiger partial charge >= 0.3 is 5.51 Å². The Bertz CT molecular complexity index is 669. The molecule has 0 spiro atoms. The van der Waals surface area contributed by atoms with Crippen LogP contribution in [0.2, 0.25) is 0 Å². The van der Waals surface area contributed by atoms with Gasteiger partial charge in [0.15, 0.2) is 0 Å². The zero-order chi connectivity index (χ0) is 15.8. The summed E-state index contributed by atoms with van der Waals surface area (Å²) in [5, 5.41) is 13.7. The normalized spacial score (nSPS) is 15.8. The van der Waals surface area contributed by atoms with Gasteiger partial charge in [-0.2, -0.15) is 13.2 Å². The van der Waals surface area contributed by atoms with Crippen molar-refractivity contribution in [2.24, 2.45) is 5.92 Å². The summed E-state index contributed by atoms with van der Waals surface area (Å²) in [6.07, 6.45) is 1.97. The van der Waals surface area contributed by atoms with Crippen LogP contribution in [0.3, 0.4) is 0 Å². The average molecular weight is 324 g/mol. The summed E-state index contributed by atoms with van der Waals surface area (Å²) < 4.78 is 59.8. The molecule has 1 fully saturated rings. The van der Waals surface area contributed by atoms with E-state index in [1.54, 1.807) is 0 Å². The zero-order valence-electron chi connectivity index (χ0n) is 10.6. The van der Waals surface area contributed by atoms with Crippen molar-refractivity contribution in [1.82, 2.24) is 0 Å². The molecule has 0 atom stereocenters. The molecule has 21 heavy (non-hydrogen) atoms. The Morgan fingerprint density at radius 2 is 1.95 bits per heavy atom. The van der Waals surface area contributed by atoms with Crippen molar-refractivity contribution >= 4 is 21.2 Å². The molecule has 2 rings (SSSR count). The third-order valence-electron chi connectivity index (χ3n) is 3.06. The van der Waals surface area contributed by atoms with Crippen molar-refractivity contribution in [3.8, 4) is 0 Å². The van der Waals surface area contributed by atoms with Crippen molar-refractivity contribution in [3.63, 3.8) is 0 Å². The Kier molecular flexibility index (Phi) is 3.83. The number of sulfone groups is 1. The molecule has 116 valence electrons. The lowest BCUT2D eigenvalue weighted by molar-refractivity contribution is -0.384. The molecule has 10 heteroatoms. The predicted molar refractivity (Wildman–Crippen MR) is 67.6 cm³/mol. The zero-order valence-corrected chi connectivity index (χ0v) is 11.4. The van der Waals surface area contributed by atoms with Crippen LogP contribution in [0, 0.1) is 16.0 Å². The molecule has 1 N–H and O–H groups in total. The Morgan fingerprint density at radius 3 is 2.43 bits per heavy atom. The van der Waals surface area contributed by atoms with E-state index in [2.05, 4.69) is 5.32 Å². The molecule has 1 saturated carbocycles. The van der Waals surface area contributed by atoms with Gasteiger partial charge in [-0.3, -0.25) is 10.1 Å². The summed E-state index contributed by atoms with van der Waals surface area (Å²) in [7, 11) is -5.60. The van der Waals surface area contributed by atoms with Gasteiger partial charge in [-0.25, -0.2) is 8.42 Å².